The van der Waals surface area contributed by atoms with E-state index < -0.39 is 5.97 Å². The summed E-state index contributed by atoms with van der Waals surface area (Å²) < 4.78 is 5.28. The summed E-state index contributed by atoms with van der Waals surface area (Å²) >= 11 is 3.05. The van der Waals surface area contributed by atoms with Gasteiger partial charge in [0, 0.05) is 5.92 Å². The first-order valence-electron chi connectivity index (χ1n) is 4.08. The second-order valence-electron chi connectivity index (χ2n) is 3.15. The van der Waals surface area contributed by atoms with Crippen molar-refractivity contribution < 1.29 is 14.4 Å². The van der Waals surface area contributed by atoms with Crippen molar-refractivity contribution in [1.82, 2.24) is 5.16 Å². The third kappa shape index (κ3) is 1.37. The van der Waals surface area contributed by atoms with Crippen LogP contribution in [0.5, 0.6) is 0 Å². The molecule has 1 N–H and O–H groups in total. The molecule has 0 unspecified atom stereocenters. The number of aromatic nitrogens is 1. The van der Waals surface area contributed by atoms with Gasteiger partial charge in [0.05, 0.1) is 0 Å². The van der Waals surface area contributed by atoms with Gasteiger partial charge in [-0.05, 0) is 28.8 Å². The molecule has 5 heteroatoms. The molecule has 1 heterocycles. The van der Waals surface area contributed by atoms with Gasteiger partial charge in [-0.1, -0.05) is 11.6 Å². The molecule has 0 saturated heterocycles. The number of rotatable bonds is 2. The third-order valence-corrected chi connectivity index (χ3v) is 2.91. The minimum Gasteiger partial charge on any atom is -0.477 e. The normalized spacial score (nSPS) is 17.0. The Bertz CT molecular complexity index is 343. The molecule has 2 rings (SSSR count). The third-order valence-electron chi connectivity index (χ3n) is 2.37. The van der Waals surface area contributed by atoms with E-state index in [4.69, 9.17) is 9.63 Å². The number of hydrogen-bond donors (Lipinski definition) is 1. The number of nitrogens with zero attached hydrogens (tertiary/aromatic N) is 1. The van der Waals surface area contributed by atoms with E-state index >= 15 is 0 Å². The minimum atomic E-state index is -0.977. The summed E-state index contributed by atoms with van der Waals surface area (Å²) in [5, 5.41) is 12.5. The highest BCUT2D eigenvalue weighted by Crippen LogP contribution is 2.39. The molecule has 1 aromatic rings. The van der Waals surface area contributed by atoms with Crippen LogP contribution < -0.4 is 0 Å². The quantitative estimate of drug-likeness (QED) is 0.870. The molecule has 0 aromatic carbocycles. The summed E-state index contributed by atoms with van der Waals surface area (Å²) in [5.74, 6) is -0.203. The van der Waals surface area contributed by atoms with Gasteiger partial charge in [-0.25, -0.2) is 4.79 Å². The Labute approximate surface area is 83.0 Å². The fourth-order valence-electron chi connectivity index (χ4n) is 1.42. The van der Waals surface area contributed by atoms with Crippen molar-refractivity contribution in [3.8, 4) is 0 Å². The molecule has 0 bridgehead atoms. The molecule has 4 nitrogen and oxygen atoms in total. The molecule has 1 aromatic heterocycles. The summed E-state index contributed by atoms with van der Waals surface area (Å²) in [5.41, 5.74) is 0.185. The van der Waals surface area contributed by atoms with Gasteiger partial charge in [-0.2, -0.15) is 0 Å². The average Bonchev–Trinajstić information content (AvgIpc) is 2.28. The Morgan fingerprint density at radius 1 is 1.62 bits per heavy atom. The lowest BCUT2D eigenvalue weighted by Gasteiger charge is -2.22. The monoisotopic (exact) mass is 245 g/mol. The van der Waals surface area contributed by atoms with Crippen LogP contribution in [-0.2, 0) is 0 Å². The maximum absolute atomic E-state index is 10.8. The predicted molar refractivity (Wildman–Crippen MR) is 47.8 cm³/mol. The van der Waals surface area contributed by atoms with Gasteiger partial charge < -0.3 is 9.63 Å². The molecule has 1 saturated carbocycles. The largest absolute Gasteiger partial charge is 0.477 e. The fourth-order valence-corrected chi connectivity index (χ4v) is 1.86. The Morgan fingerprint density at radius 2 is 2.31 bits per heavy atom. The molecule has 13 heavy (non-hydrogen) atoms. The molecule has 0 aliphatic heterocycles. The number of hydrogen-bond acceptors (Lipinski definition) is 3. The molecule has 70 valence electrons. The van der Waals surface area contributed by atoms with Crippen molar-refractivity contribution >= 4 is 21.9 Å². The average molecular weight is 246 g/mol. The van der Waals surface area contributed by atoms with E-state index in [0.717, 1.165) is 19.3 Å². The Balaban J connectivity index is 2.38. The smallest absolute Gasteiger partial charge is 0.342 e. The maximum Gasteiger partial charge on any atom is 0.342 e. The van der Waals surface area contributed by atoms with Crippen molar-refractivity contribution in [1.29, 1.82) is 0 Å². The first-order valence-corrected chi connectivity index (χ1v) is 4.88. The second kappa shape index (κ2) is 3.14. The van der Waals surface area contributed by atoms with Crippen LogP contribution >= 0.6 is 15.9 Å². The number of aromatic carboxylic acids is 1. The molecular weight excluding hydrogens is 238 g/mol. The van der Waals surface area contributed by atoms with Crippen LogP contribution in [0.4, 0.5) is 0 Å². The van der Waals surface area contributed by atoms with E-state index in [9.17, 15) is 4.79 Å². The van der Waals surface area contributed by atoms with E-state index in [1.165, 1.54) is 0 Å². The molecule has 1 aliphatic carbocycles. The lowest BCUT2D eigenvalue weighted by molar-refractivity contribution is 0.0691. The van der Waals surface area contributed by atoms with Crippen LogP contribution in [0.1, 0.15) is 41.3 Å². The summed E-state index contributed by atoms with van der Waals surface area (Å²) in [6.07, 6.45) is 3.14. The fraction of sp³-hybridized carbons (Fsp3) is 0.500. The summed E-state index contributed by atoms with van der Waals surface area (Å²) in [6.45, 7) is 0. The Hall–Kier alpha value is -0.840. The van der Waals surface area contributed by atoms with Crippen LogP contribution in [0.3, 0.4) is 0 Å². The zero-order chi connectivity index (χ0) is 9.42. The van der Waals surface area contributed by atoms with E-state index in [-0.39, 0.29) is 11.5 Å². The zero-order valence-electron chi connectivity index (χ0n) is 6.79. The Kier molecular flexibility index (Phi) is 2.11. The SMILES string of the molecule is O=C(O)c1c(Br)noc1C1CCC1. The molecule has 0 spiro atoms. The molecule has 0 amide bonds. The van der Waals surface area contributed by atoms with Crippen LogP contribution in [0.2, 0.25) is 0 Å². The van der Waals surface area contributed by atoms with Crippen LogP contribution in [0.15, 0.2) is 9.13 Å². The first-order chi connectivity index (χ1) is 6.20. The number of carboxylic acid groups (broad SMARTS) is 1. The summed E-state index contributed by atoms with van der Waals surface area (Å²) in [4.78, 5) is 10.8. The van der Waals surface area contributed by atoms with Gasteiger partial charge in [0.1, 0.15) is 5.56 Å². The number of halogens is 1. The predicted octanol–water partition coefficient (Wildman–Crippen LogP) is 2.40. The van der Waals surface area contributed by atoms with Crippen molar-refractivity contribution in [2.24, 2.45) is 0 Å². The molecular formula is C8H8BrNO3. The lowest BCUT2D eigenvalue weighted by atomic mass is 9.82. The molecule has 0 atom stereocenters. The van der Waals surface area contributed by atoms with Crippen LogP contribution in [-0.4, -0.2) is 16.2 Å². The standard InChI is InChI=1S/C8H8BrNO3/c9-7-5(8(11)12)6(13-10-7)4-2-1-3-4/h4H,1-3H2,(H,11,12). The second-order valence-corrected chi connectivity index (χ2v) is 3.90. The van der Waals surface area contributed by atoms with Crippen molar-refractivity contribution in [2.75, 3.05) is 0 Å². The molecule has 1 fully saturated rings. The van der Waals surface area contributed by atoms with E-state index in [0.29, 0.717) is 10.4 Å². The topological polar surface area (TPSA) is 63.3 Å². The van der Waals surface area contributed by atoms with Gasteiger partial charge in [0.15, 0.2) is 10.4 Å². The van der Waals surface area contributed by atoms with Crippen molar-refractivity contribution in [3.63, 3.8) is 0 Å². The van der Waals surface area contributed by atoms with Gasteiger partial charge in [-0.15, -0.1) is 0 Å². The number of carbonyl (C=O) groups is 1. The Morgan fingerprint density at radius 3 is 2.77 bits per heavy atom. The number of carboxylic acids is 1. The van der Waals surface area contributed by atoms with Crippen molar-refractivity contribution in [3.05, 3.63) is 15.9 Å². The van der Waals surface area contributed by atoms with E-state index in [1.54, 1.807) is 0 Å². The molecule has 1 aliphatic rings. The minimum absolute atomic E-state index is 0.185. The van der Waals surface area contributed by atoms with Crippen LogP contribution in [0, 0.1) is 0 Å². The van der Waals surface area contributed by atoms with Gasteiger partial charge in [0.25, 0.3) is 0 Å². The van der Waals surface area contributed by atoms with Gasteiger partial charge in [0.2, 0.25) is 0 Å². The first kappa shape index (κ1) is 8.74. The summed E-state index contributed by atoms with van der Waals surface area (Å²) in [6, 6.07) is 0. The highest BCUT2D eigenvalue weighted by atomic mass is 79.9. The summed E-state index contributed by atoms with van der Waals surface area (Å²) in [7, 11) is 0. The lowest BCUT2D eigenvalue weighted by Crippen LogP contribution is -2.12. The zero-order valence-corrected chi connectivity index (χ0v) is 8.37. The maximum atomic E-state index is 10.8. The highest BCUT2D eigenvalue weighted by Gasteiger charge is 2.31. The molecule has 0 radical (unpaired) electrons. The van der Waals surface area contributed by atoms with Crippen molar-refractivity contribution in [2.45, 2.75) is 25.2 Å². The van der Waals surface area contributed by atoms with E-state index in [1.807, 2.05) is 0 Å². The van der Waals surface area contributed by atoms with Crippen LogP contribution in [0.25, 0.3) is 0 Å². The van der Waals surface area contributed by atoms with Gasteiger partial charge in [-0.3, -0.25) is 0 Å². The van der Waals surface area contributed by atoms with Gasteiger partial charge >= 0.3 is 5.97 Å². The highest BCUT2D eigenvalue weighted by molar-refractivity contribution is 9.10. The van der Waals surface area contributed by atoms with E-state index in [2.05, 4.69) is 21.1 Å².